The van der Waals surface area contributed by atoms with E-state index in [1.807, 2.05) is 0 Å². The van der Waals surface area contributed by atoms with Gasteiger partial charge >= 0.3 is 6.18 Å². The van der Waals surface area contributed by atoms with Crippen LogP contribution in [-0.2, 0) is 5.67 Å². The molecule has 0 aromatic heterocycles. The van der Waals surface area contributed by atoms with Gasteiger partial charge in [0.25, 0.3) is 18.0 Å². The fraction of sp³-hybridized carbons (Fsp3) is 0.235. The first kappa shape index (κ1) is 23.1. The lowest BCUT2D eigenvalue weighted by molar-refractivity contribution is -0.274. The predicted molar refractivity (Wildman–Crippen MR) is 99.4 cm³/mol. The highest BCUT2D eigenvalue weighted by Gasteiger charge is 2.64. The third-order valence-electron chi connectivity index (χ3n) is 3.91. The zero-order valence-electron chi connectivity index (χ0n) is 14.4. The summed E-state index contributed by atoms with van der Waals surface area (Å²) >= 11 is 8.68. The third kappa shape index (κ3) is 4.25. The van der Waals surface area contributed by atoms with Crippen LogP contribution in [-0.4, -0.2) is 25.6 Å². The molecule has 0 bridgehead atoms. The van der Waals surface area contributed by atoms with Crippen molar-refractivity contribution in [2.75, 3.05) is 18.2 Å². The van der Waals surface area contributed by atoms with E-state index in [4.69, 9.17) is 22.1 Å². The summed E-state index contributed by atoms with van der Waals surface area (Å²) in [6.45, 7) is 0. The van der Waals surface area contributed by atoms with E-state index in [1.165, 1.54) is 25.3 Å². The van der Waals surface area contributed by atoms with Crippen molar-refractivity contribution in [3.63, 3.8) is 0 Å². The molecule has 3 N–H and O–H groups in total. The van der Waals surface area contributed by atoms with Crippen LogP contribution in [0.3, 0.4) is 0 Å². The van der Waals surface area contributed by atoms with Crippen LogP contribution in [0, 0.1) is 0 Å². The number of alkyl halides is 6. The number of benzene rings is 2. The van der Waals surface area contributed by atoms with E-state index in [9.17, 15) is 31.1 Å². The molecule has 158 valence electrons. The van der Waals surface area contributed by atoms with Crippen molar-refractivity contribution in [3.8, 4) is 5.75 Å². The molecule has 2 aromatic rings. The smallest absolute Gasteiger partial charge is 0.432 e. The van der Waals surface area contributed by atoms with Gasteiger partial charge in [0.2, 0.25) is 0 Å². The van der Waals surface area contributed by atoms with Crippen LogP contribution in [0.4, 0.5) is 37.7 Å². The van der Waals surface area contributed by atoms with E-state index < -0.39 is 34.8 Å². The summed E-state index contributed by atoms with van der Waals surface area (Å²) < 4.78 is 83.6. The maximum atomic E-state index is 14.2. The number of carbonyl (C=O) groups is 1. The molecule has 0 aliphatic carbocycles. The van der Waals surface area contributed by atoms with Crippen molar-refractivity contribution < 1.29 is 35.9 Å². The highest BCUT2D eigenvalue weighted by atomic mass is 79.9. The zero-order chi connectivity index (χ0) is 22.1. The molecule has 0 aliphatic rings. The summed E-state index contributed by atoms with van der Waals surface area (Å²) in [5, 5.41) is 1.70. The number of ether oxygens (including phenoxy) is 1. The predicted octanol–water partition coefficient (Wildman–Crippen LogP) is 5.94. The van der Waals surface area contributed by atoms with Gasteiger partial charge in [-0.15, -0.1) is 0 Å². The van der Waals surface area contributed by atoms with Gasteiger partial charge in [-0.2, -0.15) is 13.2 Å². The van der Waals surface area contributed by atoms with Crippen molar-refractivity contribution in [1.82, 2.24) is 0 Å². The summed E-state index contributed by atoms with van der Waals surface area (Å²) in [4.78, 5) is 12.5. The molecule has 0 fully saturated rings. The Labute approximate surface area is 174 Å². The fourth-order valence-electron chi connectivity index (χ4n) is 2.46. The Hall–Kier alpha value is -2.14. The molecule has 2 rings (SSSR count). The number of nitrogen functional groups attached to an aromatic ring is 1. The first-order valence-corrected chi connectivity index (χ1v) is 8.78. The second kappa shape index (κ2) is 8.31. The largest absolute Gasteiger partial charge is 0.494 e. The molecule has 2 aromatic carbocycles. The Bertz CT molecular complexity index is 918. The Kier molecular flexibility index (Phi) is 6.63. The van der Waals surface area contributed by atoms with Gasteiger partial charge in [-0.3, -0.25) is 4.79 Å². The first-order chi connectivity index (χ1) is 13.3. The number of hydrogen-bond donors (Lipinski definition) is 2. The summed E-state index contributed by atoms with van der Waals surface area (Å²) in [5.74, 6) is -0.771. The van der Waals surface area contributed by atoms with Crippen molar-refractivity contribution in [2.45, 2.75) is 18.3 Å². The van der Waals surface area contributed by atoms with Crippen LogP contribution in [0.2, 0.25) is 5.02 Å². The van der Waals surface area contributed by atoms with Crippen molar-refractivity contribution in [2.24, 2.45) is 0 Å². The molecule has 0 spiro atoms. The van der Waals surface area contributed by atoms with Gasteiger partial charge in [-0.05, 0) is 40.2 Å². The van der Waals surface area contributed by atoms with Gasteiger partial charge in [-0.1, -0.05) is 17.7 Å². The summed E-state index contributed by atoms with van der Waals surface area (Å²) in [7, 11) is 1.27. The zero-order valence-corrected chi connectivity index (χ0v) is 16.7. The van der Waals surface area contributed by atoms with E-state index in [0.717, 1.165) is 0 Å². The maximum Gasteiger partial charge on any atom is 0.432 e. The molecule has 1 atom stereocenters. The maximum absolute atomic E-state index is 14.2. The average Bonchev–Trinajstić information content (AvgIpc) is 2.62. The molecule has 0 radical (unpaired) electrons. The van der Waals surface area contributed by atoms with Crippen LogP contribution >= 0.6 is 27.5 Å². The molecule has 0 saturated heterocycles. The van der Waals surface area contributed by atoms with Crippen LogP contribution in [0.1, 0.15) is 15.9 Å². The molecule has 0 heterocycles. The summed E-state index contributed by atoms with van der Waals surface area (Å²) in [6.07, 6.45) is -10.3. The number of anilines is 2. The lowest BCUT2D eigenvalue weighted by Gasteiger charge is -2.28. The van der Waals surface area contributed by atoms with Crippen LogP contribution in [0.25, 0.3) is 0 Å². The standard InChI is InChI=1S/C17H12BrClF6N2O2/c1-29-13-8(3-2-4-11(13)26)14(28)27-12-9(18)5-7(6-10(12)19)16(22,15(20)21)17(23,24)25/h2-6,15H,26H2,1H3,(H,27,28). The second-order valence-corrected chi connectivity index (χ2v) is 6.97. The van der Waals surface area contributed by atoms with Crippen molar-refractivity contribution in [1.29, 1.82) is 0 Å². The topological polar surface area (TPSA) is 64.3 Å². The Balaban J connectivity index is 2.48. The molecular weight excluding hydrogens is 494 g/mol. The van der Waals surface area contributed by atoms with Gasteiger partial charge in [0.05, 0.1) is 29.1 Å². The lowest BCUT2D eigenvalue weighted by atomic mass is 9.95. The fourth-order valence-corrected chi connectivity index (χ4v) is 3.40. The molecular formula is C17H12BrClF6N2O2. The van der Waals surface area contributed by atoms with Crippen molar-refractivity contribution in [3.05, 3.63) is 51.0 Å². The minimum atomic E-state index is -5.90. The molecule has 0 saturated carbocycles. The number of amides is 1. The number of nitrogens with one attached hydrogen (secondary N) is 1. The van der Waals surface area contributed by atoms with Crippen LogP contribution in [0.15, 0.2) is 34.8 Å². The molecule has 0 aliphatic heterocycles. The van der Waals surface area contributed by atoms with Gasteiger partial charge < -0.3 is 15.8 Å². The number of halogens is 8. The lowest BCUT2D eigenvalue weighted by Crippen LogP contribution is -2.44. The van der Waals surface area contributed by atoms with Gasteiger partial charge in [0.1, 0.15) is 0 Å². The normalized spacial score (nSPS) is 13.9. The van der Waals surface area contributed by atoms with E-state index in [0.29, 0.717) is 12.1 Å². The highest BCUT2D eigenvalue weighted by molar-refractivity contribution is 9.10. The Morgan fingerprint density at radius 2 is 1.86 bits per heavy atom. The number of rotatable bonds is 5. The molecule has 1 amide bonds. The van der Waals surface area contributed by atoms with Crippen molar-refractivity contribution >= 4 is 44.8 Å². The number of nitrogens with two attached hydrogens (primary N) is 1. The minimum Gasteiger partial charge on any atom is -0.494 e. The van der Waals surface area contributed by atoms with E-state index in [1.54, 1.807) is 0 Å². The highest BCUT2D eigenvalue weighted by Crippen LogP contribution is 2.49. The Morgan fingerprint density at radius 1 is 1.24 bits per heavy atom. The van der Waals surface area contributed by atoms with Gasteiger partial charge in [0.15, 0.2) is 5.75 Å². The van der Waals surface area contributed by atoms with E-state index in [-0.39, 0.29) is 27.2 Å². The average molecular weight is 506 g/mol. The number of para-hydroxylation sites is 1. The SMILES string of the molecule is COc1c(N)cccc1C(=O)Nc1c(Cl)cc(C(F)(C(F)F)C(F)(F)F)cc1Br. The monoisotopic (exact) mass is 504 g/mol. The van der Waals surface area contributed by atoms with Crippen LogP contribution < -0.4 is 15.8 Å². The quantitative estimate of drug-likeness (QED) is 0.391. The molecule has 29 heavy (non-hydrogen) atoms. The van der Waals surface area contributed by atoms with E-state index in [2.05, 4.69) is 21.2 Å². The number of carbonyl (C=O) groups excluding carboxylic acids is 1. The number of methoxy groups -OCH3 is 1. The summed E-state index contributed by atoms with van der Waals surface area (Å²) in [5.41, 5.74) is -0.808. The summed E-state index contributed by atoms with van der Waals surface area (Å²) in [6, 6.07) is 5.12. The van der Waals surface area contributed by atoms with E-state index >= 15 is 0 Å². The second-order valence-electron chi connectivity index (χ2n) is 5.71. The minimum absolute atomic E-state index is 0.0257. The molecule has 12 heteroatoms. The first-order valence-electron chi connectivity index (χ1n) is 7.61. The number of hydrogen-bond acceptors (Lipinski definition) is 3. The third-order valence-corrected chi connectivity index (χ3v) is 4.83. The molecule has 4 nitrogen and oxygen atoms in total. The molecule has 1 unspecified atom stereocenters. The Morgan fingerprint density at radius 3 is 2.34 bits per heavy atom. The van der Waals surface area contributed by atoms with Crippen LogP contribution in [0.5, 0.6) is 5.75 Å². The van der Waals surface area contributed by atoms with Gasteiger partial charge in [-0.25, -0.2) is 13.2 Å². The van der Waals surface area contributed by atoms with Gasteiger partial charge in [0, 0.05) is 10.0 Å².